The average molecular weight is 284 g/mol. The Hall–Kier alpha value is -1.29. The number of hydrogen-bond donors (Lipinski definition) is 1. The van der Waals surface area contributed by atoms with Gasteiger partial charge in [0.15, 0.2) is 0 Å². The topological polar surface area (TPSA) is 62.6 Å². The second-order valence-corrected chi connectivity index (χ2v) is 5.96. The van der Waals surface area contributed by atoms with E-state index in [0.29, 0.717) is 24.6 Å². The number of sulfonamides is 1. The van der Waals surface area contributed by atoms with E-state index in [-0.39, 0.29) is 11.4 Å². The summed E-state index contributed by atoms with van der Waals surface area (Å²) in [6.45, 7) is 7.06. The first-order valence-electron chi connectivity index (χ1n) is 6.21. The van der Waals surface area contributed by atoms with Crippen molar-refractivity contribution in [1.82, 2.24) is 9.62 Å². The van der Waals surface area contributed by atoms with Crippen molar-refractivity contribution >= 4 is 10.0 Å². The highest BCUT2D eigenvalue weighted by Crippen LogP contribution is 2.23. The largest absolute Gasteiger partial charge is 0.464 e. The molecule has 1 N–H and O–H groups in total. The molecule has 0 fully saturated rings. The Morgan fingerprint density at radius 3 is 2.68 bits per heavy atom. The summed E-state index contributed by atoms with van der Waals surface area (Å²) in [5.74, 6) is 3.36. The molecular weight excluding hydrogens is 264 g/mol. The van der Waals surface area contributed by atoms with Crippen LogP contribution in [0.2, 0.25) is 0 Å². The van der Waals surface area contributed by atoms with Gasteiger partial charge in [0.25, 0.3) is 0 Å². The van der Waals surface area contributed by atoms with Crippen LogP contribution in [0.25, 0.3) is 0 Å². The third-order valence-corrected chi connectivity index (χ3v) is 4.74. The number of terminal acetylenes is 1. The Morgan fingerprint density at radius 2 is 2.16 bits per heavy atom. The van der Waals surface area contributed by atoms with Gasteiger partial charge in [0.05, 0.1) is 13.1 Å². The number of aryl methyl sites for hydroxylation is 1. The molecule has 6 heteroatoms. The van der Waals surface area contributed by atoms with Gasteiger partial charge in [-0.2, -0.15) is 4.31 Å². The molecular formula is C13H20N2O3S. The molecule has 0 spiro atoms. The fraction of sp³-hybridized carbons (Fsp3) is 0.538. The van der Waals surface area contributed by atoms with Gasteiger partial charge in [0.1, 0.15) is 16.4 Å². The minimum Gasteiger partial charge on any atom is -0.464 e. The SMILES string of the molecule is C#CCN(CC)S(=O)(=O)c1cc(CNCC)oc1C. The molecule has 1 heterocycles. The normalized spacial score (nSPS) is 11.7. The number of nitrogens with one attached hydrogen (secondary N) is 1. The predicted octanol–water partition coefficient (Wildman–Crippen LogP) is 1.34. The van der Waals surface area contributed by atoms with E-state index < -0.39 is 10.0 Å². The number of rotatable bonds is 7. The van der Waals surface area contributed by atoms with Crippen LogP contribution in [0.1, 0.15) is 25.4 Å². The van der Waals surface area contributed by atoms with E-state index in [1.165, 1.54) is 4.31 Å². The van der Waals surface area contributed by atoms with Crippen LogP contribution in [-0.4, -0.2) is 32.4 Å². The number of hydrogen-bond acceptors (Lipinski definition) is 4. The van der Waals surface area contributed by atoms with Gasteiger partial charge in [-0.05, 0) is 13.5 Å². The van der Waals surface area contributed by atoms with Crippen LogP contribution in [0.4, 0.5) is 0 Å². The van der Waals surface area contributed by atoms with Crippen molar-refractivity contribution in [2.24, 2.45) is 0 Å². The Labute approximate surface area is 115 Å². The highest BCUT2D eigenvalue weighted by Gasteiger charge is 2.27. The molecule has 0 amide bonds. The van der Waals surface area contributed by atoms with Gasteiger partial charge in [-0.25, -0.2) is 8.42 Å². The van der Waals surface area contributed by atoms with Crippen molar-refractivity contribution in [2.45, 2.75) is 32.2 Å². The first kappa shape index (κ1) is 15.8. The molecule has 0 bridgehead atoms. The first-order chi connectivity index (χ1) is 8.97. The molecule has 19 heavy (non-hydrogen) atoms. The standard InChI is InChI=1S/C13H20N2O3S/c1-5-8-15(7-3)19(16,17)13-9-12(10-14-6-2)18-11(13)4/h1,9,14H,6-8,10H2,2-4H3. The van der Waals surface area contributed by atoms with E-state index >= 15 is 0 Å². The molecule has 1 aromatic rings. The van der Waals surface area contributed by atoms with Crippen molar-refractivity contribution in [3.05, 3.63) is 17.6 Å². The fourth-order valence-corrected chi connectivity index (χ4v) is 3.27. The summed E-state index contributed by atoms with van der Waals surface area (Å²) in [5.41, 5.74) is 0. The zero-order valence-electron chi connectivity index (χ0n) is 11.6. The molecule has 0 aliphatic rings. The van der Waals surface area contributed by atoms with Crippen molar-refractivity contribution < 1.29 is 12.8 Å². The molecule has 0 saturated carbocycles. The highest BCUT2D eigenvalue weighted by atomic mass is 32.2. The smallest absolute Gasteiger partial charge is 0.247 e. The fourth-order valence-electron chi connectivity index (χ4n) is 1.72. The van der Waals surface area contributed by atoms with E-state index in [1.807, 2.05) is 6.92 Å². The van der Waals surface area contributed by atoms with Gasteiger partial charge in [-0.15, -0.1) is 6.42 Å². The third-order valence-electron chi connectivity index (χ3n) is 2.71. The van der Waals surface area contributed by atoms with Crippen LogP contribution in [0.5, 0.6) is 0 Å². The van der Waals surface area contributed by atoms with E-state index in [0.717, 1.165) is 6.54 Å². The summed E-state index contributed by atoms with van der Waals surface area (Å²) < 4.78 is 31.5. The summed E-state index contributed by atoms with van der Waals surface area (Å²) in [4.78, 5) is 0.192. The summed E-state index contributed by atoms with van der Waals surface area (Å²) in [6, 6.07) is 1.56. The maximum absolute atomic E-state index is 12.4. The van der Waals surface area contributed by atoms with E-state index in [1.54, 1.807) is 19.9 Å². The zero-order valence-corrected chi connectivity index (χ0v) is 12.4. The minimum atomic E-state index is -3.58. The number of furan rings is 1. The Morgan fingerprint density at radius 1 is 1.47 bits per heavy atom. The van der Waals surface area contributed by atoms with Crippen molar-refractivity contribution in [1.29, 1.82) is 0 Å². The summed E-state index contributed by atoms with van der Waals surface area (Å²) >= 11 is 0. The summed E-state index contributed by atoms with van der Waals surface area (Å²) in [5, 5.41) is 3.09. The average Bonchev–Trinajstić information content (AvgIpc) is 2.75. The molecule has 106 valence electrons. The van der Waals surface area contributed by atoms with Crippen LogP contribution in [0, 0.1) is 19.3 Å². The van der Waals surface area contributed by atoms with Gasteiger partial charge in [-0.1, -0.05) is 19.8 Å². The lowest BCUT2D eigenvalue weighted by Gasteiger charge is -2.16. The molecule has 0 aromatic carbocycles. The monoisotopic (exact) mass is 284 g/mol. The minimum absolute atomic E-state index is 0.0615. The predicted molar refractivity (Wildman–Crippen MR) is 74.1 cm³/mol. The second-order valence-electron chi connectivity index (χ2n) is 4.05. The molecule has 1 aromatic heterocycles. The molecule has 0 aliphatic heterocycles. The van der Waals surface area contributed by atoms with Crippen molar-refractivity contribution in [3.63, 3.8) is 0 Å². The van der Waals surface area contributed by atoms with Crippen LogP contribution >= 0.6 is 0 Å². The Bertz CT molecular complexity index is 555. The van der Waals surface area contributed by atoms with Crippen LogP contribution in [0.15, 0.2) is 15.4 Å². The summed E-state index contributed by atoms with van der Waals surface area (Å²) in [6.07, 6.45) is 5.20. The molecule has 0 atom stereocenters. The van der Waals surface area contributed by atoms with Crippen molar-refractivity contribution in [3.8, 4) is 12.3 Å². The van der Waals surface area contributed by atoms with Gasteiger partial charge < -0.3 is 9.73 Å². The first-order valence-corrected chi connectivity index (χ1v) is 7.65. The third kappa shape index (κ3) is 3.60. The van der Waals surface area contributed by atoms with E-state index in [4.69, 9.17) is 10.8 Å². The quantitative estimate of drug-likeness (QED) is 0.768. The lowest BCUT2D eigenvalue weighted by Crippen LogP contribution is -2.31. The summed E-state index contributed by atoms with van der Waals surface area (Å²) in [7, 11) is -3.58. The highest BCUT2D eigenvalue weighted by molar-refractivity contribution is 7.89. The molecule has 5 nitrogen and oxygen atoms in total. The Kier molecular flexibility index (Phi) is 5.60. The van der Waals surface area contributed by atoms with Gasteiger partial charge in [0.2, 0.25) is 10.0 Å². The van der Waals surface area contributed by atoms with Crippen molar-refractivity contribution in [2.75, 3.05) is 19.6 Å². The maximum Gasteiger partial charge on any atom is 0.247 e. The van der Waals surface area contributed by atoms with Gasteiger partial charge >= 0.3 is 0 Å². The zero-order chi connectivity index (χ0) is 14.5. The lowest BCUT2D eigenvalue weighted by atomic mass is 10.4. The van der Waals surface area contributed by atoms with Gasteiger partial charge in [-0.3, -0.25) is 0 Å². The van der Waals surface area contributed by atoms with E-state index in [9.17, 15) is 8.42 Å². The molecule has 1 rings (SSSR count). The maximum atomic E-state index is 12.4. The van der Waals surface area contributed by atoms with Crippen LogP contribution in [0.3, 0.4) is 0 Å². The molecule has 0 saturated heterocycles. The number of nitrogens with zero attached hydrogens (tertiary/aromatic N) is 1. The molecule has 0 radical (unpaired) electrons. The van der Waals surface area contributed by atoms with Crippen LogP contribution in [-0.2, 0) is 16.6 Å². The van der Waals surface area contributed by atoms with Crippen LogP contribution < -0.4 is 5.32 Å². The van der Waals surface area contributed by atoms with E-state index in [2.05, 4.69) is 11.2 Å². The Balaban J connectivity index is 3.07. The molecule has 0 unspecified atom stereocenters. The molecule has 0 aliphatic carbocycles. The second kappa shape index (κ2) is 6.75. The lowest BCUT2D eigenvalue weighted by molar-refractivity contribution is 0.448. The van der Waals surface area contributed by atoms with Gasteiger partial charge in [0, 0.05) is 12.6 Å².